The quantitative estimate of drug-likeness (QED) is 0.123. The van der Waals surface area contributed by atoms with Gasteiger partial charge < -0.3 is 9.16 Å². The van der Waals surface area contributed by atoms with Crippen LogP contribution in [-0.4, -0.2) is 26.5 Å². The van der Waals surface area contributed by atoms with E-state index in [-0.39, 0.29) is 23.2 Å². The molecule has 0 radical (unpaired) electrons. The van der Waals surface area contributed by atoms with Gasteiger partial charge in [0.25, 0.3) is 0 Å². The highest BCUT2D eigenvalue weighted by Gasteiger charge is 2.39. The molecule has 28 heavy (non-hydrogen) atoms. The predicted octanol–water partition coefficient (Wildman–Crippen LogP) is 6.47. The number of unbranched alkanes of at least 4 members (excludes halogenated alkanes) is 1. The van der Waals surface area contributed by atoms with Crippen LogP contribution in [0.5, 0.6) is 0 Å². The average molecular weight is 406 g/mol. The van der Waals surface area contributed by atoms with Gasteiger partial charge in [-0.05, 0) is 49.4 Å². The fraction of sp³-hybridized carbons (Fsp3) is 0.652. The minimum Gasteiger partial charge on any atom is -0.458 e. The third kappa shape index (κ3) is 9.52. The molecule has 0 aliphatic heterocycles. The second kappa shape index (κ2) is 12.0. The molecule has 0 fully saturated rings. The van der Waals surface area contributed by atoms with Crippen molar-refractivity contribution < 1.29 is 14.0 Å². The fourth-order valence-electron chi connectivity index (χ4n) is 2.45. The number of allylic oxidation sites excluding steroid dienone is 1. The maximum atomic E-state index is 11.2. The van der Waals surface area contributed by atoms with Crippen molar-refractivity contribution in [2.75, 3.05) is 0 Å². The number of hydrogen-bond donors (Lipinski definition) is 0. The first-order valence-corrected chi connectivity index (χ1v) is 13.1. The summed E-state index contributed by atoms with van der Waals surface area (Å²) in [5, 5.41) is 9.37. The van der Waals surface area contributed by atoms with E-state index < -0.39 is 8.32 Å². The van der Waals surface area contributed by atoms with E-state index in [2.05, 4.69) is 60.0 Å². The van der Waals surface area contributed by atoms with Crippen LogP contribution in [0.1, 0.15) is 66.7 Å². The Bertz CT molecular complexity index is 608. The van der Waals surface area contributed by atoms with E-state index in [4.69, 9.17) is 9.16 Å². The number of carbonyl (C=O) groups is 1. The Morgan fingerprint density at radius 1 is 1.21 bits per heavy atom. The van der Waals surface area contributed by atoms with Crippen molar-refractivity contribution in [2.24, 2.45) is 0 Å². The molecule has 0 aliphatic carbocycles. The molecule has 0 amide bonds. The van der Waals surface area contributed by atoms with Crippen molar-refractivity contribution in [3.05, 3.63) is 36.5 Å². The lowest BCUT2D eigenvalue weighted by molar-refractivity contribution is -0.144. The van der Waals surface area contributed by atoms with E-state index in [0.717, 1.165) is 37.7 Å². The van der Waals surface area contributed by atoms with Gasteiger partial charge in [0, 0.05) is 12.5 Å². The van der Waals surface area contributed by atoms with Gasteiger partial charge in [-0.15, -0.1) is 0 Å². The topological polar surface area (TPSA) is 59.3 Å². The first-order chi connectivity index (χ1) is 12.9. The van der Waals surface area contributed by atoms with Crippen LogP contribution in [0.4, 0.5) is 0 Å². The van der Waals surface area contributed by atoms with Crippen LogP contribution in [0, 0.1) is 11.3 Å². The highest BCUT2D eigenvalue weighted by molar-refractivity contribution is 6.74. The molecule has 0 rings (SSSR count). The Labute approximate surface area is 173 Å². The summed E-state index contributed by atoms with van der Waals surface area (Å²) in [7, 11) is -1.97. The summed E-state index contributed by atoms with van der Waals surface area (Å²) in [6.45, 7) is 22.4. The number of hydrogen-bond acceptors (Lipinski definition) is 4. The molecule has 158 valence electrons. The summed E-state index contributed by atoms with van der Waals surface area (Å²) in [6.07, 6.45) is 7.69. The molecule has 5 heteroatoms. The number of esters is 1. The fourth-order valence-corrected chi connectivity index (χ4v) is 3.78. The second-order valence-corrected chi connectivity index (χ2v) is 13.6. The Balaban J connectivity index is 4.76. The number of rotatable bonds is 12. The Morgan fingerprint density at radius 3 is 2.29 bits per heavy atom. The first kappa shape index (κ1) is 26.4. The zero-order valence-electron chi connectivity index (χ0n) is 18.9. The molecule has 4 nitrogen and oxygen atoms in total. The van der Waals surface area contributed by atoms with Gasteiger partial charge in [0.15, 0.2) is 8.32 Å². The summed E-state index contributed by atoms with van der Waals surface area (Å²) >= 11 is 0. The normalized spacial score (nSPS) is 14.4. The van der Waals surface area contributed by atoms with Crippen LogP contribution < -0.4 is 0 Å². The SMILES string of the molecule is C=C(C#N)C(CCC/C=C/C(=C)C(CCC)OC(C)=O)O[Si](C)(C)C(C)(C)C. The van der Waals surface area contributed by atoms with E-state index in [0.29, 0.717) is 5.57 Å². The molecule has 0 aromatic heterocycles. The molecular formula is C23H39NO3Si. The van der Waals surface area contributed by atoms with E-state index in [1.807, 2.05) is 12.2 Å². The second-order valence-electron chi connectivity index (χ2n) is 8.80. The van der Waals surface area contributed by atoms with Crippen LogP contribution in [-0.2, 0) is 14.0 Å². The van der Waals surface area contributed by atoms with Gasteiger partial charge in [-0.2, -0.15) is 5.26 Å². The van der Waals surface area contributed by atoms with E-state index >= 15 is 0 Å². The Morgan fingerprint density at radius 2 is 1.82 bits per heavy atom. The number of carbonyl (C=O) groups excluding carboxylic acids is 1. The lowest BCUT2D eigenvalue weighted by Gasteiger charge is -2.39. The molecule has 0 aromatic carbocycles. The number of nitrogens with zero attached hydrogens (tertiary/aromatic N) is 1. The van der Waals surface area contributed by atoms with Crippen molar-refractivity contribution >= 4 is 14.3 Å². The van der Waals surface area contributed by atoms with Crippen molar-refractivity contribution in [1.29, 1.82) is 5.26 Å². The largest absolute Gasteiger partial charge is 0.458 e. The highest BCUT2D eigenvalue weighted by Crippen LogP contribution is 2.38. The van der Waals surface area contributed by atoms with E-state index in [1.165, 1.54) is 6.92 Å². The van der Waals surface area contributed by atoms with Gasteiger partial charge >= 0.3 is 5.97 Å². The first-order valence-electron chi connectivity index (χ1n) is 10.1. The lowest BCUT2D eigenvalue weighted by Crippen LogP contribution is -2.44. The monoisotopic (exact) mass is 405 g/mol. The van der Waals surface area contributed by atoms with Gasteiger partial charge in [-0.3, -0.25) is 4.79 Å². The Kier molecular flexibility index (Phi) is 11.3. The molecule has 0 bridgehead atoms. The summed E-state index contributed by atoms with van der Waals surface area (Å²) < 4.78 is 11.7. The third-order valence-electron chi connectivity index (χ3n) is 5.22. The van der Waals surface area contributed by atoms with Crippen molar-refractivity contribution in [3.63, 3.8) is 0 Å². The van der Waals surface area contributed by atoms with Gasteiger partial charge in [0.2, 0.25) is 0 Å². The van der Waals surface area contributed by atoms with Gasteiger partial charge in [-0.25, -0.2) is 0 Å². The minimum absolute atomic E-state index is 0.0869. The molecule has 0 saturated carbocycles. The number of nitriles is 1. The van der Waals surface area contributed by atoms with Crippen molar-refractivity contribution in [1.82, 2.24) is 0 Å². The van der Waals surface area contributed by atoms with Crippen LogP contribution in [0.2, 0.25) is 18.1 Å². The molecular weight excluding hydrogens is 366 g/mol. The van der Waals surface area contributed by atoms with Crippen LogP contribution in [0.15, 0.2) is 36.5 Å². The van der Waals surface area contributed by atoms with Crippen molar-refractivity contribution in [2.45, 2.75) is 97.1 Å². The minimum atomic E-state index is -1.97. The number of ether oxygens (including phenoxy) is 1. The Hall–Kier alpha value is -1.64. The molecule has 0 saturated heterocycles. The summed E-state index contributed by atoms with van der Waals surface area (Å²) in [5.74, 6) is -0.284. The van der Waals surface area contributed by atoms with Gasteiger partial charge in [0.1, 0.15) is 6.10 Å². The van der Waals surface area contributed by atoms with E-state index in [1.54, 1.807) is 0 Å². The molecule has 0 spiro atoms. The van der Waals surface area contributed by atoms with Crippen molar-refractivity contribution in [3.8, 4) is 6.07 Å². The summed E-state index contributed by atoms with van der Waals surface area (Å²) in [5.41, 5.74) is 1.31. The molecule has 0 heterocycles. The summed E-state index contributed by atoms with van der Waals surface area (Å²) in [6, 6.07) is 2.17. The lowest BCUT2D eigenvalue weighted by atomic mass is 10.0. The standard InChI is InChI=1S/C23H39NO3Si/c1-10-14-21(26-20(4)25)18(2)15-12-11-13-16-22(19(3)17-24)27-28(8,9)23(5,6)7/h12,15,21-22H,2-3,10-11,13-14,16H2,1,4-9H3/b15-12+. The van der Waals surface area contributed by atoms with Crippen LogP contribution in [0.25, 0.3) is 0 Å². The van der Waals surface area contributed by atoms with Gasteiger partial charge in [-0.1, -0.05) is 59.4 Å². The molecule has 0 aliphatic rings. The van der Waals surface area contributed by atoms with E-state index in [9.17, 15) is 10.1 Å². The third-order valence-corrected chi connectivity index (χ3v) is 9.70. The zero-order chi connectivity index (χ0) is 22.0. The summed E-state index contributed by atoms with van der Waals surface area (Å²) in [4.78, 5) is 11.2. The molecule has 2 unspecified atom stereocenters. The molecule has 0 N–H and O–H groups in total. The molecule has 0 aromatic rings. The average Bonchev–Trinajstić information content (AvgIpc) is 2.57. The van der Waals surface area contributed by atoms with Gasteiger partial charge in [0.05, 0.1) is 12.2 Å². The predicted molar refractivity (Wildman–Crippen MR) is 119 cm³/mol. The highest BCUT2D eigenvalue weighted by atomic mass is 28.4. The zero-order valence-corrected chi connectivity index (χ0v) is 19.9. The smallest absolute Gasteiger partial charge is 0.303 e. The molecule has 2 atom stereocenters. The van der Waals surface area contributed by atoms with Crippen LogP contribution >= 0.6 is 0 Å². The van der Waals surface area contributed by atoms with Crippen LogP contribution in [0.3, 0.4) is 0 Å². The maximum absolute atomic E-state index is 11.2. The maximum Gasteiger partial charge on any atom is 0.303 e.